The maximum atomic E-state index is 11.6. The van der Waals surface area contributed by atoms with Gasteiger partial charge in [-0.25, -0.2) is 4.68 Å². The number of hydrogen-bond acceptors (Lipinski definition) is 4. The molecule has 6 nitrogen and oxygen atoms in total. The minimum atomic E-state index is -4.66. The second-order valence-electron chi connectivity index (χ2n) is 3.16. The maximum Gasteiger partial charge on any atom is 0.522 e. The summed E-state index contributed by atoms with van der Waals surface area (Å²) in [6, 6.07) is 0. The van der Waals surface area contributed by atoms with E-state index in [1.54, 1.807) is 0 Å². The molecule has 1 N–H and O–H groups in total. The van der Waals surface area contributed by atoms with E-state index in [4.69, 9.17) is 5.11 Å². The third-order valence-corrected chi connectivity index (χ3v) is 1.77. The van der Waals surface area contributed by atoms with Crippen LogP contribution in [-0.4, -0.2) is 39.0 Å². The van der Waals surface area contributed by atoms with Crippen molar-refractivity contribution in [1.29, 1.82) is 0 Å². The lowest BCUT2D eigenvalue weighted by Crippen LogP contribution is -2.17. The molecular weight excluding hydrogens is 243 g/mol. The van der Waals surface area contributed by atoms with Crippen molar-refractivity contribution in [3.63, 3.8) is 0 Å². The highest BCUT2D eigenvalue weighted by Gasteiger charge is 2.28. The quantitative estimate of drug-likeness (QED) is 0.812. The van der Waals surface area contributed by atoms with Gasteiger partial charge in [0.1, 0.15) is 0 Å². The first-order valence-corrected chi connectivity index (χ1v) is 4.68. The molecule has 0 saturated heterocycles. The fourth-order valence-corrected chi connectivity index (χ4v) is 1.05. The summed E-state index contributed by atoms with van der Waals surface area (Å²) >= 11 is 0. The van der Waals surface area contributed by atoms with Crippen LogP contribution in [0.25, 0.3) is 0 Å². The van der Waals surface area contributed by atoms with E-state index in [9.17, 15) is 18.0 Å². The molecule has 1 aromatic heterocycles. The standard InChI is InChI=1S/C8H10F3N3O3/c9-8(10,11)17-4-3-14-5-6(12-13-14)1-2-7(15)16/h5H,1-4H2,(H,15,16). The van der Waals surface area contributed by atoms with Gasteiger partial charge in [0.05, 0.1) is 25.3 Å². The molecule has 0 saturated carbocycles. The molecule has 0 fully saturated rings. The summed E-state index contributed by atoms with van der Waals surface area (Å²) in [6.07, 6.45) is -3.18. The van der Waals surface area contributed by atoms with Crippen molar-refractivity contribution in [1.82, 2.24) is 15.0 Å². The van der Waals surface area contributed by atoms with Crippen LogP contribution >= 0.6 is 0 Å². The number of alkyl halides is 3. The van der Waals surface area contributed by atoms with Crippen molar-refractivity contribution in [3.8, 4) is 0 Å². The molecule has 1 aromatic rings. The fraction of sp³-hybridized carbons (Fsp3) is 0.625. The van der Waals surface area contributed by atoms with Crippen LogP contribution in [-0.2, 0) is 22.5 Å². The van der Waals surface area contributed by atoms with E-state index >= 15 is 0 Å². The Morgan fingerprint density at radius 1 is 1.53 bits per heavy atom. The number of carboxylic acids is 1. The Bertz CT molecular complexity index is 378. The summed E-state index contributed by atoms with van der Waals surface area (Å²) in [5.41, 5.74) is 0.416. The van der Waals surface area contributed by atoms with Crippen molar-refractivity contribution < 1.29 is 27.8 Å². The van der Waals surface area contributed by atoms with Crippen molar-refractivity contribution >= 4 is 5.97 Å². The van der Waals surface area contributed by atoms with E-state index in [-0.39, 0.29) is 19.4 Å². The molecule has 0 aliphatic rings. The van der Waals surface area contributed by atoms with E-state index in [1.165, 1.54) is 10.9 Å². The van der Waals surface area contributed by atoms with E-state index in [1.807, 2.05) is 0 Å². The van der Waals surface area contributed by atoms with E-state index < -0.39 is 18.9 Å². The molecule has 1 heterocycles. The maximum absolute atomic E-state index is 11.6. The second-order valence-corrected chi connectivity index (χ2v) is 3.16. The number of carbonyl (C=O) groups is 1. The molecule has 0 aliphatic heterocycles. The van der Waals surface area contributed by atoms with Gasteiger partial charge in [0.25, 0.3) is 0 Å². The number of rotatable bonds is 6. The van der Waals surface area contributed by atoms with E-state index in [2.05, 4.69) is 15.0 Å². The molecule has 0 bridgehead atoms. The highest BCUT2D eigenvalue weighted by molar-refractivity contribution is 5.66. The zero-order valence-corrected chi connectivity index (χ0v) is 8.65. The molecule has 0 unspecified atom stereocenters. The van der Waals surface area contributed by atoms with Crippen molar-refractivity contribution in [3.05, 3.63) is 11.9 Å². The number of aryl methyl sites for hydroxylation is 1. The van der Waals surface area contributed by atoms with Gasteiger partial charge < -0.3 is 5.11 Å². The average molecular weight is 253 g/mol. The third-order valence-electron chi connectivity index (χ3n) is 1.77. The highest BCUT2D eigenvalue weighted by atomic mass is 19.4. The van der Waals surface area contributed by atoms with Crippen LogP contribution in [0.4, 0.5) is 13.2 Å². The van der Waals surface area contributed by atoms with Crippen LogP contribution in [0.3, 0.4) is 0 Å². The van der Waals surface area contributed by atoms with Gasteiger partial charge in [-0.1, -0.05) is 5.21 Å². The van der Waals surface area contributed by atoms with Crippen molar-refractivity contribution in [2.75, 3.05) is 6.61 Å². The largest absolute Gasteiger partial charge is 0.522 e. The van der Waals surface area contributed by atoms with Gasteiger partial charge in [-0.3, -0.25) is 9.53 Å². The number of carboxylic acid groups (broad SMARTS) is 1. The first-order valence-electron chi connectivity index (χ1n) is 4.68. The lowest BCUT2D eigenvalue weighted by Gasteiger charge is -2.06. The number of ether oxygens (including phenoxy) is 1. The SMILES string of the molecule is O=C(O)CCc1cn(CCOC(F)(F)F)nn1. The molecule has 0 radical (unpaired) electrons. The molecule has 0 amide bonds. The Hall–Kier alpha value is -1.64. The van der Waals surface area contributed by atoms with Crippen LogP contribution in [0, 0.1) is 0 Å². The molecule has 0 aromatic carbocycles. The first kappa shape index (κ1) is 13.4. The van der Waals surface area contributed by atoms with Gasteiger partial charge >= 0.3 is 12.3 Å². The number of aromatic nitrogens is 3. The number of halogens is 3. The Kier molecular flexibility index (Phi) is 4.44. The summed E-state index contributed by atoms with van der Waals surface area (Å²) in [5, 5.41) is 15.6. The summed E-state index contributed by atoms with van der Waals surface area (Å²) in [5.74, 6) is -0.972. The summed E-state index contributed by atoms with van der Waals surface area (Å²) in [6.45, 7) is -0.662. The number of hydrogen-bond donors (Lipinski definition) is 1. The highest BCUT2D eigenvalue weighted by Crippen LogP contribution is 2.15. The molecule has 0 atom stereocenters. The van der Waals surface area contributed by atoms with Gasteiger partial charge in [-0.05, 0) is 0 Å². The number of aliphatic carboxylic acids is 1. The van der Waals surface area contributed by atoms with Crippen molar-refractivity contribution in [2.45, 2.75) is 25.7 Å². The van der Waals surface area contributed by atoms with Crippen molar-refractivity contribution in [2.24, 2.45) is 0 Å². The van der Waals surface area contributed by atoms with E-state index in [0.29, 0.717) is 5.69 Å². The molecule has 9 heteroatoms. The smallest absolute Gasteiger partial charge is 0.481 e. The third kappa shape index (κ3) is 5.85. The molecule has 0 aliphatic carbocycles. The van der Waals surface area contributed by atoms with Crippen LogP contribution in [0.2, 0.25) is 0 Å². The predicted octanol–water partition coefficient (Wildman–Crippen LogP) is 0.832. The zero-order valence-electron chi connectivity index (χ0n) is 8.65. The van der Waals surface area contributed by atoms with Crippen LogP contribution in [0.15, 0.2) is 6.20 Å². The van der Waals surface area contributed by atoms with Crippen LogP contribution in [0.1, 0.15) is 12.1 Å². The Morgan fingerprint density at radius 2 is 2.24 bits per heavy atom. The van der Waals surface area contributed by atoms with E-state index in [0.717, 1.165) is 0 Å². The zero-order chi connectivity index (χ0) is 12.9. The molecule has 1 rings (SSSR count). The van der Waals surface area contributed by atoms with Gasteiger partial charge in [0.15, 0.2) is 0 Å². The molecule has 0 spiro atoms. The summed E-state index contributed by atoms with van der Waals surface area (Å²) in [4.78, 5) is 10.3. The van der Waals surface area contributed by atoms with Crippen LogP contribution in [0.5, 0.6) is 0 Å². The van der Waals surface area contributed by atoms with Crippen LogP contribution < -0.4 is 0 Å². The van der Waals surface area contributed by atoms with Gasteiger partial charge in [0.2, 0.25) is 0 Å². The molecular formula is C8H10F3N3O3. The van der Waals surface area contributed by atoms with Gasteiger partial charge in [0, 0.05) is 12.6 Å². The topological polar surface area (TPSA) is 77.2 Å². The monoisotopic (exact) mass is 253 g/mol. The average Bonchev–Trinajstić information content (AvgIpc) is 2.61. The fourth-order valence-electron chi connectivity index (χ4n) is 1.05. The predicted molar refractivity (Wildman–Crippen MR) is 48.0 cm³/mol. The Labute approximate surface area is 94.0 Å². The van der Waals surface area contributed by atoms with Gasteiger partial charge in [-0.15, -0.1) is 18.3 Å². The minimum absolute atomic E-state index is 0.0976. The molecule has 96 valence electrons. The lowest BCUT2D eigenvalue weighted by atomic mass is 10.2. The summed E-state index contributed by atoms with van der Waals surface area (Å²) < 4.78 is 39.6. The normalized spacial score (nSPS) is 11.7. The van der Waals surface area contributed by atoms with Gasteiger partial charge in [-0.2, -0.15) is 0 Å². The Morgan fingerprint density at radius 3 is 2.82 bits per heavy atom. The minimum Gasteiger partial charge on any atom is -0.481 e. The first-order chi connectivity index (χ1) is 7.87. The molecule has 17 heavy (non-hydrogen) atoms. The summed E-state index contributed by atoms with van der Waals surface area (Å²) in [7, 11) is 0. The second kappa shape index (κ2) is 5.62. The Balaban J connectivity index is 2.33. The lowest BCUT2D eigenvalue weighted by molar-refractivity contribution is -0.325. The number of nitrogens with zero attached hydrogens (tertiary/aromatic N) is 3.